The van der Waals surface area contributed by atoms with Crippen LogP contribution in [-0.4, -0.2) is 147 Å². The standard InChI is InChI=1S/C44H64N2O16/c1-6-27-33(49)31(47)23(5)40(57-27)61-38-29(8-3)59-42(36(38)52)62-39-32(48)26(45-43(53)55-20-24-15-11-9-12-16-24)19-22(4)37(39)60-41-30(35(51)34(50)28(7-2)58-41)46-44(54)56-21-25-17-13-10-14-18-25/h9-18,22-23,26-42,47-52H,6-8,19-21H2,1-5H3,(H,45,53)(H,46,54). The van der Waals surface area contributed by atoms with Gasteiger partial charge < -0.3 is 79.2 Å². The molecule has 18 heteroatoms. The maximum absolute atomic E-state index is 13.1. The minimum atomic E-state index is -1.57. The molecule has 18 nitrogen and oxygen atoms in total. The molecule has 0 spiro atoms. The van der Waals surface area contributed by atoms with E-state index in [0.29, 0.717) is 12.8 Å². The van der Waals surface area contributed by atoms with E-state index in [4.69, 9.17) is 37.9 Å². The van der Waals surface area contributed by atoms with Crippen LogP contribution in [0.1, 0.15) is 71.4 Å². The van der Waals surface area contributed by atoms with Crippen molar-refractivity contribution in [1.29, 1.82) is 0 Å². The van der Waals surface area contributed by atoms with E-state index in [1.54, 1.807) is 64.1 Å². The second-order valence-electron chi connectivity index (χ2n) is 16.7. The maximum atomic E-state index is 13.1. The molecule has 1 saturated carbocycles. The third-order valence-electron chi connectivity index (χ3n) is 12.4. The monoisotopic (exact) mass is 876 g/mol. The van der Waals surface area contributed by atoms with Crippen molar-refractivity contribution < 1.29 is 78.1 Å². The van der Waals surface area contributed by atoms with E-state index in [-0.39, 0.29) is 26.1 Å². The largest absolute Gasteiger partial charge is 0.445 e. The zero-order valence-electron chi connectivity index (χ0n) is 35.8. The Morgan fingerprint density at radius 2 is 1.05 bits per heavy atom. The summed E-state index contributed by atoms with van der Waals surface area (Å²) >= 11 is 0. The number of benzene rings is 2. The van der Waals surface area contributed by atoms with Gasteiger partial charge in [0.15, 0.2) is 18.9 Å². The molecule has 3 aliphatic heterocycles. The lowest BCUT2D eigenvalue weighted by Crippen LogP contribution is -2.67. The van der Waals surface area contributed by atoms with Crippen LogP contribution in [-0.2, 0) is 51.1 Å². The zero-order valence-corrected chi connectivity index (χ0v) is 35.8. The fourth-order valence-corrected chi connectivity index (χ4v) is 8.63. The number of aliphatic hydroxyl groups excluding tert-OH is 6. The predicted molar refractivity (Wildman–Crippen MR) is 218 cm³/mol. The number of nitrogens with one attached hydrogen (secondary N) is 2. The summed E-state index contributed by atoms with van der Waals surface area (Å²) in [5.74, 6) is -1.21. The molecule has 346 valence electrons. The molecule has 3 heterocycles. The summed E-state index contributed by atoms with van der Waals surface area (Å²) in [7, 11) is 0. The third-order valence-corrected chi connectivity index (χ3v) is 12.4. The highest BCUT2D eigenvalue weighted by Crippen LogP contribution is 2.38. The van der Waals surface area contributed by atoms with Gasteiger partial charge in [-0.1, -0.05) is 95.3 Å². The molecule has 4 aliphatic rings. The van der Waals surface area contributed by atoms with Gasteiger partial charge in [0.05, 0.1) is 36.6 Å². The highest BCUT2D eigenvalue weighted by atomic mass is 16.8. The van der Waals surface area contributed by atoms with Crippen LogP contribution in [0.15, 0.2) is 60.7 Å². The number of ether oxygens (including phenoxy) is 8. The summed E-state index contributed by atoms with van der Waals surface area (Å²) in [5.41, 5.74) is 1.47. The molecule has 0 radical (unpaired) electrons. The molecule has 2 amide bonds. The van der Waals surface area contributed by atoms with Gasteiger partial charge in [-0.15, -0.1) is 0 Å². The van der Waals surface area contributed by atoms with E-state index < -0.39 is 128 Å². The lowest BCUT2D eigenvalue weighted by atomic mass is 9.80. The summed E-state index contributed by atoms with van der Waals surface area (Å²) in [4.78, 5) is 26.3. The van der Waals surface area contributed by atoms with Gasteiger partial charge in [-0.05, 0) is 42.7 Å². The summed E-state index contributed by atoms with van der Waals surface area (Å²) in [6.07, 6.45) is -18.5. The van der Waals surface area contributed by atoms with Crippen LogP contribution >= 0.6 is 0 Å². The van der Waals surface area contributed by atoms with Gasteiger partial charge in [0.2, 0.25) is 0 Å². The maximum Gasteiger partial charge on any atom is 0.407 e. The van der Waals surface area contributed by atoms with Gasteiger partial charge in [-0.2, -0.15) is 0 Å². The number of hydrogen-bond acceptors (Lipinski definition) is 16. The summed E-state index contributed by atoms with van der Waals surface area (Å²) in [5, 5.41) is 72.8. The van der Waals surface area contributed by atoms with Gasteiger partial charge >= 0.3 is 12.2 Å². The molecule has 0 bridgehead atoms. The first-order valence-electron chi connectivity index (χ1n) is 21.7. The van der Waals surface area contributed by atoms with Crippen molar-refractivity contribution in [2.45, 2.75) is 178 Å². The second kappa shape index (κ2) is 21.9. The topological polar surface area (TPSA) is 253 Å². The minimum absolute atomic E-state index is 0.0229. The lowest BCUT2D eigenvalue weighted by Gasteiger charge is -2.48. The van der Waals surface area contributed by atoms with Crippen molar-refractivity contribution in [1.82, 2.24) is 10.6 Å². The molecular formula is C44H64N2O16. The van der Waals surface area contributed by atoms with Crippen LogP contribution in [0, 0.1) is 11.8 Å². The summed E-state index contributed by atoms with van der Waals surface area (Å²) in [6, 6.07) is 15.7. The van der Waals surface area contributed by atoms with E-state index in [1.807, 2.05) is 31.2 Å². The van der Waals surface area contributed by atoms with E-state index in [2.05, 4.69) is 10.6 Å². The molecule has 6 rings (SSSR count). The van der Waals surface area contributed by atoms with Crippen molar-refractivity contribution in [2.75, 3.05) is 0 Å². The highest BCUT2D eigenvalue weighted by molar-refractivity contribution is 5.68. The van der Waals surface area contributed by atoms with Gasteiger partial charge in [0, 0.05) is 5.92 Å². The first-order valence-corrected chi connectivity index (χ1v) is 21.7. The van der Waals surface area contributed by atoms with Gasteiger partial charge in [0.25, 0.3) is 0 Å². The fourth-order valence-electron chi connectivity index (χ4n) is 8.63. The lowest BCUT2D eigenvalue weighted by molar-refractivity contribution is -0.315. The number of carbonyl (C=O) groups is 2. The molecule has 2 aromatic rings. The summed E-state index contributed by atoms with van der Waals surface area (Å²) in [6.45, 7) is 8.73. The Kier molecular flexibility index (Phi) is 17.0. The first-order chi connectivity index (χ1) is 29.7. The Morgan fingerprint density at radius 1 is 0.565 bits per heavy atom. The van der Waals surface area contributed by atoms with Crippen LogP contribution < -0.4 is 10.6 Å². The third kappa shape index (κ3) is 11.2. The van der Waals surface area contributed by atoms with Crippen LogP contribution in [0.4, 0.5) is 9.59 Å². The zero-order chi connectivity index (χ0) is 44.7. The van der Waals surface area contributed by atoms with Crippen molar-refractivity contribution in [3.05, 3.63) is 71.8 Å². The number of hydrogen-bond donors (Lipinski definition) is 8. The first kappa shape index (κ1) is 48.0. The van der Waals surface area contributed by atoms with Crippen molar-refractivity contribution >= 4 is 12.2 Å². The van der Waals surface area contributed by atoms with Crippen molar-refractivity contribution in [3.63, 3.8) is 0 Å². The number of carbonyl (C=O) groups excluding carboxylic acids is 2. The molecule has 19 unspecified atom stereocenters. The van der Waals surface area contributed by atoms with Crippen LogP contribution in [0.25, 0.3) is 0 Å². The van der Waals surface area contributed by atoms with Crippen molar-refractivity contribution in [3.8, 4) is 0 Å². The van der Waals surface area contributed by atoms with E-state index >= 15 is 0 Å². The van der Waals surface area contributed by atoms with Crippen molar-refractivity contribution in [2.24, 2.45) is 11.8 Å². The second-order valence-corrected chi connectivity index (χ2v) is 16.7. The Balaban J connectivity index is 1.23. The van der Waals surface area contributed by atoms with E-state index in [9.17, 15) is 40.2 Å². The van der Waals surface area contributed by atoms with Gasteiger partial charge in [-0.3, -0.25) is 0 Å². The molecule has 8 N–H and O–H groups in total. The molecule has 2 aromatic carbocycles. The van der Waals surface area contributed by atoms with Gasteiger partial charge in [0.1, 0.15) is 62.0 Å². The van der Waals surface area contributed by atoms with Crippen LogP contribution in [0.5, 0.6) is 0 Å². The predicted octanol–water partition coefficient (Wildman–Crippen LogP) is 1.98. The normalized spacial score (nSPS) is 39.8. The van der Waals surface area contributed by atoms with E-state index in [0.717, 1.165) is 11.1 Å². The molecule has 62 heavy (non-hydrogen) atoms. The number of amides is 2. The molecular weight excluding hydrogens is 812 g/mol. The molecule has 3 saturated heterocycles. The Labute approximate surface area is 361 Å². The van der Waals surface area contributed by atoms with E-state index in [1.165, 1.54) is 0 Å². The molecule has 19 atom stereocenters. The SMILES string of the molecule is CCC1OC(OC2C(CC)OC(OC3C(O)C(NC(=O)OCc4ccccc4)CC(C)C3OC3OC(CC)C(O)C(O)C3NC(=O)OCc3ccccc3)C2O)C(C)C(O)C1O. The minimum Gasteiger partial charge on any atom is -0.445 e. The fraction of sp³-hybridized carbons (Fsp3) is 0.682. The highest BCUT2D eigenvalue weighted by Gasteiger charge is 2.55. The summed E-state index contributed by atoms with van der Waals surface area (Å²) < 4.78 is 48.7. The smallest absolute Gasteiger partial charge is 0.407 e. The molecule has 1 aliphatic carbocycles. The number of aliphatic hydroxyl groups is 6. The molecule has 4 fully saturated rings. The Hall–Kier alpha value is -3.50. The average molecular weight is 877 g/mol. The average Bonchev–Trinajstić information content (AvgIpc) is 3.57. The number of rotatable bonds is 15. The Bertz CT molecular complexity index is 1700. The quantitative estimate of drug-likeness (QED) is 0.127. The number of alkyl carbamates (subject to hydrolysis) is 2. The van der Waals surface area contributed by atoms with Gasteiger partial charge in [-0.25, -0.2) is 9.59 Å². The Morgan fingerprint density at radius 3 is 1.61 bits per heavy atom. The molecule has 0 aromatic heterocycles. The van der Waals surface area contributed by atoms with Crippen LogP contribution in [0.3, 0.4) is 0 Å². The van der Waals surface area contributed by atoms with Crippen LogP contribution in [0.2, 0.25) is 0 Å².